The van der Waals surface area contributed by atoms with Crippen molar-refractivity contribution in [3.63, 3.8) is 0 Å². The number of allylic oxidation sites excluding steroid dienone is 1. The lowest BCUT2D eigenvalue weighted by atomic mass is 9.90. The first-order chi connectivity index (χ1) is 31.9. The van der Waals surface area contributed by atoms with E-state index < -0.39 is 35.2 Å². The van der Waals surface area contributed by atoms with Gasteiger partial charge in [-0.3, -0.25) is 48.7 Å². The van der Waals surface area contributed by atoms with E-state index in [0.717, 1.165) is 38.1 Å². The second-order valence-electron chi connectivity index (χ2n) is 16.3. The number of aryl methyl sites for hydroxylation is 2. The van der Waals surface area contributed by atoms with Gasteiger partial charge in [0.15, 0.2) is 11.6 Å². The van der Waals surface area contributed by atoms with E-state index in [4.69, 9.17) is 41.3 Å². The molecule has 0 radical (unpaired) electrons. The standard InChI is InChI=1S/C46H50ClN9O9S/c1-26-27(2)66-44-37(26)39(29-8-10-30(47)11-9-29)51-33(40-54-53-28(3)55(40)44)22-36(57)50-15-17-63-19-21-64-20-18-62-16-5-14-49-25-31(24-48)65-35-7-4-6-32-38(35)43(60)56(42(32)59)34-23-46(12-13-46)45(61)52-41(34)58/h4,6-11,24-25,33-34H,5,12-23,48H2,1-3H3,(H,50,57)(H,52,58,61)/b31-24+,49-25?/t33-,34?/m0/s1. The summed E-state index contributed by atoms with van der Waals surface area (Å²) in [5, 5.41) is 15.7. The number of amides is 5. The Kier molecular flexibility index (Phi) is 14.2. The highest BCUT2D eigenvalue weighted by atomic mass is 35.5. The Morgan fingerprint density at radius 3 is 2.42 bits per heavy atom. The third-order valence-electron chi connectivity index (χ3n) is 11.9. The molecule has 4 aromatic rings. The van der Waals surface area contributed by atoms with E-state index >= 15 is 0 Å². The third kappa shape index (κ3) is 9.71. The summed E-state index contributed by atoms with van der Waals surface area (Å²) in [7, 11) is 0. The van der Waals surface area contributed by atoms with Crippen LogP contribution in [0.2, 0.25) is 5.02 Å². The average molecular weight is 940 g/mol. The molecule has 346 valence electrons. The summed E-state index contributed by atoms with van der Waals surface area (Å²) in [5.74, 6) is -0.920. The molecule has 4 N–H and O–H groups in total. The van der Waals surface area contributed by atoms with Crippen LogP contribution in [0.25, 0.3) is 5.00 Å². The maximum atomic E-state index is 13.6. The summed E-state index contributed by atoms with van der Waals surface area (Å²) >= 11 is 7.88. The molecule has 0 bridgehead atoms. The minimum absolute atomic E-state index is 0.0174. The number of halogens is 1. The molecule has 18 nitrogen and oxygen atoms in total. The van der Waals surface area contributed by atoms with Crippen LogP contribution in [0.1, 0.15) is 92.1 Å². The van der Waals surface area contributed by atoms with Gasteiger partial charge in [-0.15, -0.1) is 21.5 Å². The second-order valence-corrected chi connectivity index (χ2v) is 18.0. The number of thiophene rings is 1. The maximum Gasteiger partial charge on any atom is 0.266 e. The van der Waals surface area contributed by atoms with Crippen LogP contribution in [0.4, 0.5) is 0 Å². The Hall–Kier alpha value is -6.12. The van der Waals surface area contributed by atoms with Gasteiger partial charge in [0, 0.05) is 46.9 Å². The normalized spacial score (nSPS) is 18.6. The topological polar surface area (TPSA) is 231 Å². The molecule has 2 aromatic carbocycles. The fourth-order valence-electron chi connectivity index (χ4n) is 8.14. The van der Waals surface area contributed by atoms with Crippen molar-refractivity contribution in [1.82, 2.24) is 30.3 Å². The number of hydrogen-bond donors (Lipinski definition) is 3. The molecule has 1 unspecified atom stereocenters. The lowest BCUT2D eigenvalue weighted by molar-refractivity contribution is -0.141. The van der Waals surface area contributed by atoms with Crippen molar-refractivity contribution in [2.75, 3.05) is 52.7 Å². The van der Waals surface area contributed by atoms with Crippen LogP contribution in [0.3, 0.4) is 0 Å². The number of fused-ring (bicyclic) bond motifs is 4. The van der Waals surface area contributed by atoms with Gasteiger partial charge < -0.3 is 30.0 Å². The number of nitrogens with one attached hydrogen (secondary N) is 2. The van der Waals surface area contributed by atoms with E-state index in [1.54, 1.807) is 17.4 Å². The van der Waals surface area contributed by atoms with Crippen LogP contribution in [-0.2, 0) is 28.6 Å². The smallest absolute Gasteiger partial charge is 0.266 e. The first kappa shape index (κ1) is 46.4. The first-order valence-corrected chi connectivity index (χ1v) is 22.9. The number of piperidine rings is 1. The van der Waals surface area contributed by atoms with Gasteiger partial charge >= 0.3 is 0 Å². The van der Waals surface area contributed by atoms with Gasteiger partial charge in [0.1, 0.15) is 28.7 Å². The number of imide groups is 2. The van der Waals surface area contributed by atoms with Crippen molar-refractivity contribution in [2.45, 2.75) is 65.0 Å². The van der Waals surface area contributed by atoms with Crippen LogP contribution < -0.4 is 21.1 Å². The van der Waals surface area contributed by atoms with Gasteiger partial charge in [0.25, 0.3) is 11.8 Å². The van der Waals surface area contributed by atoms with Crippen molar-refractivity contribution in [3.8, 4) is 10.8 Å². The van der Waals surface area contributed by atoms with Crippen LogP contribution in [-0.4, -0.2) is 120 Å². The molecule has 1 saturated heterocycles. The summed E-state index contributed by atoms with van der Waals surface area (Å²) in [6.07, 6.45) is 4.61. The Morgan fingerprint density at radius 2 is 1.70 bits per heavy atom. The van der Waals surface area contributed by atoms with Gasteiger partial charge in [0.2, 0.25) is 17.7 Å². The van der Waals surface area contributed by atoms with Crippen LogP contribution in [0.15, 0.2) is 64.4 Å². The number of rotatable bonds is 20. The number of nitrogens with zero attached hydrogens (tertiary/aromatic N) is 6. The predicted octanol–water partition coefficient (Wildman–Crippen LogP) is 4.49. The zero-order valence-corrected chi connectivity index (χ0v) is 38.3. The molecule has 66 heavy (non-hydrogen) atoms. The largest absolute Gasteiger partial charge is 0.453 e. The predicted molar refractivity (Wildman–Crippen MR) is 244 cm³/mol. The second kappa shape index (κ2) is 20.2. The average Bonchev–Trinajstić information content (AvgIpc) is 3.84. The summed E-state index contributed by atoms with van der Waals surface area (Å²) < 4.78 is 24.8. The highest BCUT2D eigenvalue weighted by molar-refractivity contribution is 7.15. The van der Waals surface area contributed by atoms with E-state index in [0.29, 0.717) is 82.8 Å². The molecule has 1 spiro atoms. The van der Waals surface area contributed by atoms with E-state index in [2.05, 4.69) is 39.7 Å². The van der Waals surface area contributed by atoms with E-state index in [-0.39, 0.29) is 47.3 Å². The first-order valence-electron chi connectivity index (χ1n) is 21.7. The van der Waals surface area contributed by atoms with Gasteiger partial charge in [0.05, 0.1) is 67.9 Å². The Bertz CT molecular complexity index is 2640. The third-order valence-corrected chi connectivity index (χ3v) is 13.4. The molecule has 5 amide bonds. The lowest BCUT2D eigenvalue weighted by Crippen LogP contribution is -2.58. The number of hydrogen-bond acceptors (Lipinski definition) is 15. The van der Waals surface area contributed by atoms with Crippen molar-refractivity contribution in [3.05, 3.63) is 104 Å². The quantitative estimate of drug-likeness (QED) is 0.0482. The molecule has 2 atom stereocenters. The van der Waals surface area contributed by atoms with E-state index in [1.807, 2.05) is 35.8 Å². The fourth-order valence-corrected chi connectivity index (χ4v) is 9.48. The highest BCUT2D eigenvalue weighted by Crippen LogP contribution is 2.52. The van der Waals surface area contributed by atoms with E-state index in [1.165, 1.54) is 29.4 Å². The molecule has 1 saturated carbocycles. The number of ether oxygens (including phenoxy) is 4. The Labute approximate surface area is 389 Å². The van der Waals surface area contributed by atoms with Crippen LogP contribution >= 0.6 is 22.9 Å². The van der Waals surface area contributed by atoms with Crippen molar-refractivity contribution in [1.29, 1.82) is 0 Å². The summed E-state index contributed by atoms with van der Waals surface area (Å²) in [4.78, 5) is 76.7. The summed E-state index contributed by atoms with van der Waals surface area (Å²) in [6.45, 7) is 8.98. The molecule has 1 aliphatic carbocycles. The minimum Gasteiger partial charge on any atom is -0.453 e. The molecule has 8 rings (SSSR count). The maximum absolute atomic E-state index is 13.6. The molecule has 2 aromatic heterocycles. The SMILES string of the molecule is Cc1sc2c(c1C)C(c1ccc(Cl)cc1)=N[C@@H](CC(=O)NCCOCCOCCOCCCN=C/C(=C\N)Oc1cccc3c1C(=O)N(C1CC4(CC4)C(=O)NC1=O)C3=O)c1nnc(C)n1-2. The van der Waals surface area contributed by atoms with Gasteiger partial charge in [-0.1, -0.05) is 29.8 Å². The highest BCUT2D eigenvalue weighted by Gasteiger charge is 2.59. The van der Waals surface area contributed by atoms with Crippen molar-refractivity contribution in [2.24, 2.45) is 21.1 Å². The number of carbonyl (C=O) groups is 5. The zero-order valence-electron chi connectivity index (χ0n) is 36.8. The number of aliphatic imine (C=N–C) groups is 2. The molecular weight excluding hydrogens is 890 g/mol. The molecule has 2 fully saturated rings. The van der Waals surface area contributed by atoms with Crippen molar-refractivity contribution >= 4 is 64.4 Å². The molecule has 3 aliphatic heterocycles. The number of benzene rings is 2. The molecule has 5 heterocycles. The lowest BCUT2D eigenvalue weighted by Gasteiger charge is -2.32. The number of aromatic nitrogens is 3. The van der Waals surface area contributed by atoms with Crippen molar-refractivity contribution < 1.29 is 42.9 Å². The molecule has 4 aliphatic rings. The molecular formula is C46H50ClN9O9S. The summed E-state index contributed by atoms with van der Waals surface area (Å²) in [5.41, 5.74) is 9.02. The Balaban J connectivity index is 0.703. The number of nitrogens with two attached hydrogens (primary N) is 1. The van der Waals surface area contributed by atoms with Gasteiger partial charge in [-0.2, -0.15) is 0 Å². The Morgan fingerprint density at radius 1 is 0.970 bits per heavy atom. The van der Waals surface area contributed by atoms with Gasteiger partial charge in [-0.25, -0.2) is 0 Å². The van der Waals surface area contributed by atoms with Crippen LogP contribution in [0.5, 0.6) is 5.75 Å². The van der Waals surface area contributed by atoms with Gasteiger partial charge in [-0.05, 0) is 76.3 Å². The minimum atomic E-state index is -1.09. The number of carbonyl (C=O) groups excluding carboxylic acids is 5. The van der Waals surface area contributed by atoms with E-state index in [9.17, 15) is 24.0 Å². The molecule has 20 heteroatoms. The summed E-state index contributed by atoms with van der Waals surface area (Å²) in [6, 6.07) is 10.5. The zero-order chi connectivity index (χ0) is 46.5. The fraction of sp³-hybridized carbons (Fsp3) is 0.413. The van der Waals surface area contributed by atoms with Crippen LogP contribution in [0, 0.1) is 26.2 Å². The monoisotopic (exact) mass is 939 g/mol.